The second-order valence-electron chi connectivity index (χ2n) is 6.27. The lowest BCUT2D eigenvalue weighted by Gasteiger charge is -2.39. The van der Waals surface area contributed by atoms with Gasteiger partial charge < -0.3 is 20.0 Å². The lowest BCUT2D eigenvalue weighted by molar-refractivity contribution is -0.181. The van der Waals surface area contributed by atoms with Crippen LogP contribution in [-0.4, -0.2) is 73.2 Å². The maximum absolute atomic E-state index is 12.9. The number of amides is 1. The molecular weight excluding hydrogens is 490 g/mol. The number of aliphatic imine (C=N–C) groups is 1. The highest BCUT2D eigenvalue weighted by Crippen LogP contribution is 2.25. The van der Waals surface area contributed by atoms with Gasteiger partial charge in [0.25, 0.3) is 0 Å². The van der Waals surface area contributed by atoms with E-state index in [0.29, 0.717) is 31.4 Å². The van der Waals surface area contributed by atoms with Crippen LogP contribution in [0.2, 0.25) is 0 Å². The Bertz CT molecular complexity index is 617. The first-order valence-electron chi connectivity index (χ1n) is 8.94. The number of carbonyl (C=O) groups excluding carboxylic acids is 1. The molecule has 160 valence electrons. The summed E-state index contributed by atoms with van der Waals surface area (Å²) in [4.78, 5) is 19.5. The van der Waals surface area contributed by atoms with Crippen LogP contribution in [0.3, 0.4) is 0 Å². The van der Waals surface area contributed by atoms with Crippen molar-refractivity contribution in [3.63, 3.8) is 0 Å². The molecule has 1 amide bonds. The minimum Gasteiger partial charge on any atom is -0.467 e. The fourth-order valence-corrected chi connectivity index (χ4v) is 2.76. The summed E-state index contributed by atoms with van der Waals surface area (Å²) >= 11 is 0. The molecule has 0 saturated carbocycles. The normalized spacial score (nSPS) is 17.0. The molecule has 1 aromatic heterocycles. The number of halogens is 4. The van der Waals surface area contributed by atoms with Crippen molar-refractivity contribution in [2.75, 3.05) is 39.3 Å². The Hall–Kier alpha value is -1.50. The van der Waals surface area contributed by atoms with Crippen molar-refractivity contribution in [3.05, 3.63) is 24.2 Å². The van der Waals surface area contributed by atoms with E-state index in [1.165, 1.54) is 18.1 Å². The molecular formula is C17H27F3IN5O2. The van der Waals surface area contributed by atoms with E-state index in [9.17, 15) is 18.0 Å². The van der Waals surface area contributed by atoms with Gasteiger partial charge in [-0.25, -0.2) is 4.99 Å². The summed E-state index contributed by atoms with van der Waals surface area (Å²) in [6, 6.07) is 2.03. The van der Waals surface area contributed by atoms with Gasteiger partial charge in [-0.3, -0.25) is 9.69 Å². The van der Waals surface area contributed by atoms with Crippen molar-refractivity contribution in [1.29, 1.82) is 0 Å². The molecule has 7 nitrogen and oxygen atoms in total. The zero-order valence-electron chi connectivity index (χ0n) is 16.0. The lowest BCUT2D eigenvalue weighted by atomic mass is 10.2. The van der Waals surface area contributed by atoms with E-state index in [1.807, 2.05) is 11.8 Å². The number of alkyl halides is 3. The van der Waals surface area contributed by atoms with Gasteiger partial charge in [0.1, 0.15) is 18.3 Å². The second-order valence-corrected chi connectivity index (χ2v) is 6.27. The quantitative estimate of drug-likeness (QED) is 0.344. The Morgan fingerprint density at radius 2 is 1.96 bits per heavy atom. The zero-order valence-corrected chi connectivity index (χ0v) is 18.3. The predicted molar refractivity (Wildman–Crippen MR) is 111 cm³/mol. The third-order valence-corrected chi connectivity index (χ3v) is 4.38. The van der Waals surface area contributed by atoms with Crippen LogP contribution in [0.4, 0.5) is 13.2 Å². The van der Waals surface area contributed by atoms with Crippen molar-refractivity contribution >= 4 is 35.8 Å². The highest BCUT2D eigenvalue weighted by atomic mass is 127. The molecule has 2 N–H and O–H groups in total. The smallest absolute Gasteiger partial charge is 0.403 e. The molecule has 1 fully saturated rings. The van der Waals surface area contributed by atoms with Crippen LogP contribution in [0.1, 0.15) is 19.6 Å². The summed E-state index contributed by atoms with van der Waals surface area (Å²) in [6.07, 6.45) is -2.70. The van der Waals surface area contributed by atoms with Crippen LogP contribution in [0.25, 0.3) is 0 Å². The number of rotatable bonds is 6. The van der Waals surface area contributed by atoms with Crippen molar-refractivity contribution in [2.45, 2.75) is 32.6 Å². The first-order valence-corrected chi connectivity index (χ1v) is 8.94. The van der Waals surface area contributed by atoms with Gasteiger partial charge in [-0.05, 0) is 26.0 Å². The van der Waals surface area contributed by atoms with E-state index in [4.69, 9.17) is 4.42 Å². The number of carbonyl (C=O) groups is 1. The second kappa shape index (κ2) is 11.5. The largest absolute Gasteiger partial charge is 0.467 e. The number of nitrogens with zero attached hydrogens (tertiary/aromatic N) is 3. The Morgan fingerprint density at radius 3 is 2.50 bits per heavy atom. The van der Waals surface area contributed by atoms with Gasteiger partial charge in [-0.1, -0.05) is 0 Å². The Labute approximate surface area is 179 Å². The first kappa shape index (κ1) is 24.5. The topological polar surface area (TPSA) is 73.1 Å². The average Bonchev–Trinajstić information content (AvgIpc) is 3.16. The summed E-state index contributed by atoms with van der Waals surface area (Å²) < 4.78 is 43.7. The van der Waals surface area contributed by atoms with Gasteiger partial charge in [0.15, 0.2) is 5.96 Å². The molecule has 1 aromatic rings. The minimum atomic E-state index is -4.23. The Morgan fingerprint density at radius 1 is 1.29 bits per heavy atom. The average molecular weight is 517 g/mol. The SMILES string of the molecule is CCNC(=NCC(=O)NCc1ccco1)N1CCN(C(C)C(F)(F)F)CC1.I. The zero-order chi connectivity index (χ0) is 19.9. The lowest BCUT2D eigenvalue weighted by Crippen LogP contribution is -2.56. The van der Waals surface area contributed by atoms with E-state index < -0.39 is 12.2 Å². The molecule has 28 heavy (non-hydrogen) atoms. The van der Waals surface area contributed by atoms with Crippen LogP contribution in [0.15, 0.2) is 27.8 Å². The van der Waals surface area contributed by atoms with Crippen LogP contribution in [-0.2, 0) is 11.3 Å². The van der Waals surface area contributed by atoms with Crippen LogP contribution in [0.5, 0.6) is 0 Å². The number of nitrogens with one attached hydrogen (secondary N) is 2. The van der Waals surface area contributed by atoms with Crippen LogP contribution < -0.4 is 10.6 Å². The van der Waals surface area contributed by atoms with Crippen LogP contribution in [0, 0.1) is 0 Å². The minimum absolute atomic E-state index is 0. The van der Waals surface area contributed by atoms with Gasteiger partial charge in [0, 0.05) is 32.7 Å². The van der Waals surface area contributed by atoms with E-state index in [1.54, 1.807) is 12.1 Å². The first-order chi connectivity index (χ1) is 12.8. The van der Waals surface area contributed by atoms with Gasteiger partial charge in [0.05, 0.1) is 12.8 Å². The Kier molecular flexibility index (Phi) is 10.1. The molecule has 2 heterocycles. The number of hydrogen-bond donors (Lipinski definition) is 2. The summed E-state index contributed by atoms with van der Waals surface area (Å²) in [6.45, 7) is 5.30. The van der Waals surface area contributed by atoms with E-state index in [0.717, 1.165) is 0 Å². The van der Waals surface area contributed by atoms with Crippen molar-refractivity contribution in [2.24, 2.45) is 4.99 Å². The summed E-state index contributed by atoms with van der Waals surface area (Å²) in [5, 5.41) is 5.79. The van der Waals surface area contributed by atoms with Gasteiger partial charge in [0.2, 0.25) is 5.91 Å². The molecule has 0 bridgehead atoms. The summed E-state index contributed by atoms with van der Waals surface area (Å²) in [5.41, 5.74) is 0. The summed E-state index contributed by atoms with van der Waals surface area (Å²) in [5.74, 6) is 0.922. The number of hydrogen-bond acceptors (Lipinski definition) is 4. The maximum Gasteiger partial charge on any atom is 0.403 e. The number of piperazine rings is 1. The van der Waals surface area contributed by atoms with Crippen molar-refractivity contribution in [3.8, 4) is 0 Å². The van der Waals surface area contributed by atoms with E-state index >= 15 is 0 Å². The van der Waals surface area contributed by atoms with E-state index in [-0.39, 0.29) is 56.1 Å². The predicted octanol–water partition coefficient (Wildman–Crippen LogP) is 2.05. The molecule has 1 atom stereocenters. The molecule has 0 aromatic carbocycles. The fourth-order valence-electron chi connectivity index (χ4n) is 2.76. The van der Waals surface area contributed by atoms with Gasteiger partial charge in [-0.2, -0.15) is 13.2 Å². The number of guanidine groups is 1. The molecule has 0 radical (unpaired) electrons. The standard InChI is InChI=1S/C17H26F3N5O2.HI/c1-3-21-16(23-12-15(26)22-11-14-5-4-10-27-14)25-8-6-24(7-9-25)13(2)17(18,19)20;/h4-5,10,13H,3,6-9,11-12H2,1-2H3,(H,21,23)(H,22,26);1H. The third kappa shape index (κ3) is 7.49. The fraction of sp³-hybridized carbons (Fsp3) is 0.647. The third-order valence-electron chi connectivity index (χ3n) is 4.38. The van der Waals surface area contributed by atoms with E-state index in [2.05, 4.69) is 15.6 Å². The highest BCUT2D eigenvalue weighted by Gasteiger charge is 2.41. The Balaban J connectivity index is 0.00000392. The highest BCUT2D eigenvalue weighted by molar-refractivity contribution is 14.0. The van der Waals surface area contributed by atoms with Crippen molar-refractivity contribution in [1.82, 2.24) is 20.4 Å². The van der Waals surface area contributed by atoms with Gasteiger partial charge >= 0.3 is 6.18 Å². The summed E-state index contributed by atoms with van der Waals surface area (Å²) in [7, 11) is 0. The monoisotopic (exact) mass is 517 g/mol. The molecule has 1 saturated heterocycles. The molecule has 0 spiro atoms. The van der Waals surface area contributed by atoms with Gasteiger partial charge in [-0.15, -0.1) is 24.0 Å². The molecule has 11 heteroatoms. The molecule has 1 aliphatic rings. The maximum atomic E-state index is 12.9. The number of furan rings is 1. The molecule has 2 rings (SSSR count). The van der Waals surface area contributed by atoms with Crippen LogP contribution >= 0.6 is 24.0 Å². The van der Waals surface area contributed by atoms with Crippen molar-refractivity contribution < 1.29 is 22.4 Å². The molecule has 1 aliphatic heterocycles. The molecule has 1 unspecified atom stereocenters. The molecule has 0 aliphatic carbocycles.